The van der Waals surface area contributed by atoms with Crippen molar-refractivity contribution in [3.63, 3.8) is 0 Å². The minimum atomic E-state index is -1.90. The van der Waals surface area contributed by atoms with Gasteiger partial charge in [0.1, 0.15) is 30.5 Å². The first kappa shape index (κ1) is 50.2. The highest BCUT2D eigenvalue weighted by atomic mass is 16.4. The number of aliphatic imine (C=N–C) groups is 3. The second-order valence-electron chi connectivity index (χ2n) is 12.3. The maximum absolute atomic E-state index is 13.4. The van der Waals surface area contributed by atoms with Gasteiger partial charge < -0.3 is 86.8 Å². The van der Waals surface area contributed by atoms with Gasteiger partial charge in [-0.05, 0) is 38.5 Å². The molecule has 0 bridgehead atoms. The average molecular weight is 816 g/mol. The van der Waals surface area contributed by atoms with Crippen LogP contribution in [0, 0.1) is 0 Å². The lowest BCUT2D eigenvalue weighted by molar-refractivity contribution is -0.143. The number of hydrogen-bond acceptors (Lipinski definition) is 13. The number of aliphatic carboxylic acids is 3. The van der Waals surface area contributed by atoms with Gasteiger partial charge in [0, 0.05) is 19.6 Å². The molecule has 27 heteroatoms. The van der Waals surface area contributed by atoms with Crippen LogP contribution in [0.1, 0.15) is 57.8 Å². The fraction of sp³-hybridized carbons (Fsp3) is 0.600. The molecule has 5 amide bonds. The molecule has 0 saturated carbocycles. The van der Waals surface area contributed by atoms with Gasteiger partial charge in [-0.1, -0.05) is 0 Å². The lowest BCUT2D eigenvalue weighted by atomic mass is 10.1. The fourth-order valence-electron chi connectivity index (χ4n) is 4.62. The average Bonchev–Trinajstić information content (AvgIpc) is 3.10. The highest BCUT2D eigenvalue weighted by molar-refractivity contribution is 5.97. The summed E-state index contributed by atoms with van der Waals surface area (Å²) in [4.78, 5) is 123. The summed E-state index contributed by atoms with van der Waals surface area (Å²) >= 11 is 0. The summed E-state index contributed by atoms with van der Waals surface area (Å²) in [7, 11) is 0. The summed E-state index contributed by atoms with van der Waals surface area (Å²) < 4.78 is 0. The summed E-state index contributed by atoms with van der Waals surface area (Å²) in [5.74, 6) is -10.5. The van der Waals surface area contributed by atoms with E-state index in [0.717, 1.165) is 0 Å². The summed E-state index contributed by atoms with van der Waals surface area (Å²) in [6.07, 6.45) is -2.42. The maximum Gasteiger partial charge on any atom is 0.326 e. The van der Waals surface area contributed by atoms with E-state index in [1.54, 1.807) is 0 Å². The van der Waals surface area contributed by atoms with E-state index in [0.29, 0.717) is 0 Å². The molecule has 6 atom stereocenters. The van der Waals surface area contributed by atoms with Gasteiger partial charge in [-0.25, -0.2) is 14.4 Å². The first-order chi connectivity index (χ1) is 26.7. The van der Waals surface area contributed by atoms with Gasteiger partial charge in [-0.2, -0.15) is 0 Å². The zero-order chi connectivity index (χ0) is 43.7. The van der Waals surface area contributed by atoms with Crippen LogP contribution < -0.4 is 66.7 Å². The molecule has 57 heavy (non-hydrogen) atoms. The van der Waals surface area contributed by atoms with Crippen molar-refractivity contribution in [2.24, 2.45) is 55.1 Å². The molecule has 0 aromatic rings. The highest BCUT2D eigenvalue weighted by Gasteiger charge is 2.31. The summed E-state index contributed by atoms with van der Waals surface area (Å²) in [5, 5.41) is 39.3. The van der Waals surface area contributed by atoms with Crippen molar-refractivity contribution in [3.8, 4) is 0 Å². The lowest BCUT2D eigenvalue weighted by Crippen LogP contribution is -2.56. The van der Waals surface area contributed by atoms with Crippen LogP contribution in [0.3, 0.4) is 0 Å². The molecule has 0 heterocycles. The van der Waals surface area contributed by atoms with Crippen LogP contribution in [0.2, 0.25) is 0 Å². The number of nitrogens with two attached hydrogens (primary N) is 7. The fourth-order valence-corrected chi connectivity index (χ4v) is 4.62. The van der Waals surface area contributed by atoms with Crippen molar-refractivity contribution in [2.75, 3.05) is 19.6 Å². The van der Waals surface area contributed by atoms with Crippen molar-refractivity contribution in [2.45, 2.75) is 94.0 Å². The van der Waals surface area contributed by atoms with E-state index >= 15 is 0 Å². The van der Waals surface area contributed by atoms with E-state index < -0.39 is 103 Å². The number of rotatable bonds is 29. The third-order valence-electron chi connectivity index (χ3n) is 7.40. The van der Waals surface area contributed by atoms with Crippen LogP contribution in [0.5, 0.6) is 0 Å². The van der Waals surface area contributed by atoms with Gasteiger partial charge in [0.05, 0.1) is 31.3 Å². The van der Waals surface area contributed by atoms with Gasteiger partial charge in [0.2, 0.25) is 29.5 Å². The van der Waals surface area contributed by atoms with Gasteiger partial charge >= 0.3 is 17.9 Å². The zero-order valence-corrected chi connectivity index (χ0v) is 30.9. The third kappa shape index (κ3) is 23.6. The zero-order valence-electron chi connectivity index (χ0n) is 30.9. The molecule has 27 nitrogen and oxygen atoms in total. The SMILES string of the molecule is NC(N)=NCCC[C@H](NC(=O)C[C@@H](C=O)NC(=O)[C@H](CC(=O)N[C@@H](CCCN=C(N)N)C(=O)O)NC(=O)[C@@H](N)CC(=O)N[C@@H](CCCN=C(N)N)C(=O)O)C(=O)O. The van der Waals surface area contributed by atoms with Crippen molar-refractivity contribution in [3.05, 3.63) is 0 Å². The Morgan fingerprint density at radius 3 is 1.18 bits per heavy atom. The topological polar surface area (TPSA) is 494 Å². The molecule has 0 rings (SSSR count). The van der Waals surface area contributed by atoms with Crippen molar-refractivity contribution < 1.29 is 58.5 Å². The number of carboxylic acid groups (broad SMARTS) is 3. The Hall–Kier alpha value is -6.80. The lowest BCUT2D eigenvalue weighted by Gasteiger charge is -2.23. The first-order valence-corrected chi connectivity index (χ1v) is 17.2. The van der Waals surface area contributed by atoms with Gasteiger partial charge in [0.25, 0.3) is 0 Å². The number of nitrogens with one attached hydrogen (secondary N) is 5. The molecule has 0 aromatic carbocycles. The Kier molecular flexibility index (Phi) is 23.7. The monoisotopic (exact) mass is 815 g/mol. The Morgan fingerprint density at radius 1 is 0.491 bits per heavy atom. The molecular weight excluding hydrogens is 762 g/mol. The summed E-state index contributed by atoms with van der Waals surface area (Å²) in [6.45, 7) is 0.137. The largest absolute Gasteiger partial charge is 0.480 e. The van der Waals surface area contributed by atoms with Crippen molar-refractivity contribution >= 4 is 71.6 Å². The first-order valence-electron chi connectivity index (χ1n) is 17.2. The number of guanidine groups is 3. The number of hydrogen-bond donors (Lipinski definition) is 15. The van der Waals surface area contributed by atoms with E-state index in [-0.39, 0.29) is 82.3 Å². The predicted molar refractivity (Wildman–Crippen MR) is 200 cm³/mol. The Bertz CT molecular complexity index is 1510. The van der Waals surface area contributed by atoms with Gasteiger partial charge in [-0.15, -0.1) is 0 Å². The number of carbonyl (C=O) groups is 9. The summed E-state index contributed by atoms with van der Waals surface area (Å²) in [6, 6.07) is -9.64. The molecule has 0 aliphatic heterocycles. The number of nitrogens with zero attached hydrogens (tertiary/aromatic N) is 3. The molecule has 320 valence electrons. The van der Waals surface area contributed by atoms with Crippen LogP contribution in [-0.2, 0) is 43.2 Å². The summed E-state index contributed by atoms with van der Waals surface area (Å²) in [5.41, 5.74) is 37.2. The van der Waals surface area contributed by atoms with Crippen LogP contribution in [0.4, 0.5) is 0 Å². The van der Waals surface area contributed by atoms with E-state index in [2.05, 4.69) is 41.6 Å². The number of carboxylic acids is 3. The smallest absolute Gasteiger partial charge is 0.326 e. The normalized spacial score (nSPS) is 13.6. The minimum Gasteiger partial charge on any atom is -0.480 e. The Labute approximate surface area is 325 Å². The van der Waals surface area contributed by atoms with E-state index in [1.807, 2.05) is 0 Å². The highest BCUT2D eigenvalue weighted by Crippen LogP contribution is 2.05. The molecule has 0 fully saturated rings. The van der Waals surface area contributed by atoms with Gasteiger partial charge in [-0.3, -0.25) is 38.9 Å². The van der Waals surface area contributed by atoms with Crippen LogP contribution in [0.25, 0.3) is 0 Å². The molecule has 0 aromatic heterocycles. The second-order valence-corrected chi connectivity index (χ2v) is 12.3. The van der Waals surface area contributed by atoms with Gasteiger partial charge in [0.15, 0.2) is 17.9 Å². The quantitative estimate of drug-likeness (QED) is 0.0144. The Balaban J connectivity index is 5.96. The molecule has 0 aliphatic rings. The van der Waals surface area contributed by atoms with Crippen LogP contribution in [0.15, 0.2) is 15.0 Å². The third-order valence-corrected chi connectivity index (χ3v) is 7.40. The van der Waals surface area contributed by atoms with E-state index in [9.17, 15) is 58.5 Å². The number of amides is 5. The number of carbonyl (C=O) groups excluding carboxylic acids is 6. The standard InChI is InChI=1S/C30H53N15O12/c31-15(11-21(48)43-17(26(54)55)5-2-8-39-29(34)35)23(50)45-19(12-22(49)44-18(27(56)57)6-3-9-40-30(36)37)24(51)41-14(13-46)10-20(47)42-16(25(52)53)4-1-7-38-28(32)33/h13-19H,1-12,31H2,(H,41,51)(H,42,47)(H,43,48)(H,44,49)(H,45,50)(H,52,53)(H,54,55)(H,56,57)(H4,32,33,38)(H4,34,35,39)(H4,36,37,40)/t14-,15-,16-,17-,18-,19-/m0/s1. The maximum atomic E-state index is 13.4. The molecule has 0 saturated heterocycles. The Morgan fingerprint density at radius 2 is 0.842 bits per heavy atom. The predicted octanol–water partition coefficient (Wildman–Crippen LogP) is -7.48. The van der Waals surface area contributed by atoms with Crippen LogP contribution in [-0.4, -0.2) is 143 Å². The molecule has 0 spiro atoms. The molecule has 22 N–H and O–H groups in total. The minimum absolute atomic E-state index is 0.0194. The van der Waals surface area contributed by atoms with E-state index in [1.165, 1.54) is 0 Å². The molecule has 0 aliphatic carbocycles. The van der Waals surface area contributed by atoms with Crippen LogP contribution >= 0.6 is 0 Å². The second kappa shape index (κ2) is 26.9. The van der Waals surface area contributed by atoms with E-state index in [4.69, 9.17) is 40.1 Å². The molecule has 0 radical (unpaired) electrons. The number of aldehydes is 1. The van der Waals surface area contributed by atoms with Crippen molar-refractivity contribution in [1.82, 2.24) is 26.6 Å². The van der Waals surface area contributed by atoms with Crippen molar-refractivity contribution in [1.29, 1.82) is 0 Å². The molecule has 0 unspecified atom stereocenters. The molecular formula is C30H53N15O12.